The molecule has 0 spiro atoms. The van der Waals surface area contributed by atoms with E-state index in [0.717, 1.165) is 38.9 Å². The highest BCUT2D eigenvalue weighted by molar-refractivity contribution is 7.90. The van der Waals surface area contributed by atoms with Gasteiger partial charge in [0.2, 0.25) is 10.0 Å². The summed E-state index contributed by atoms with van der Waals surface area (Å²) in [4.78, 5) is 2.41. The zero-order chi connectivity index (χ0) is 17.3. The van der Waals surface area contributed by atoms with Crippen LogP contribution in [0.1, 0.15) is 36.6 Å². The van der Waals surface area contributed by atoms with E-state index in [2.05, 4.69) is 49.7 Å². The van der Waals surface area contributed by atoms with Crippen molar-refractivity contribution >= 4 is 10.0 Å². The molecule has 1 aliphatic carbocycles. The number of fused-ring (bicyclic) bond motifs is 1. The SMILES string of the molecule is O=S(=O)(NCCC1CN(Cc2ccccc2)Cc2ccnn21)C1CC1. The first-order chi connectivity index (χ1) is 12.1. The van der Waals surface area contributed by atoms with Crippen LogP contribution in [0.15, 0.2) is 42.6 Å². The Morgan fingerprint density at radius 2 is 1.96 bits per heavy atom. The third kappa shape index (κ3) is 3.94. The molecule has 134 valence electrons. The first kappa shape index (κ1) is 16.8. The minimum atomic E-state index is -3.11. The van der Waals surface area contributed by atoms with Crippen molar-refractivity contribution in [1.82, 2.24) is 19.4 Å². The molecule has 7 heteroatoms. The molecular formula is C18H24N4O2S. The summed E-state index contributed by atoms with van der Waals surface area (Å²) in [6.07, 6.45) is 4.19. The van der Waals surface area contributed by atoms with Gasteiger partial charge >= 0.3 is 0 Å². The van der Waals surface area contributed by atoms with Crippen LogP contribution in [0.2, 0.25) is 0 Å². The molecule has 6 nitrogen and oxygen atoms in total. The van der Waals surface area contributed by atoms with Gasteiger partial charge in [0, 0.05) is 32.4 Å². The van der Waals surface area contributed by atoms with Crippen molar-refractivity contribution < 1.29 is 8.42 Å². The highest BCUT2D eigenvalue weighted by Gasteiger charge is 2.35. The third-order valence-corrected chi connectivity index (χ3v) is 6.90. The van der Waals surface area contributed by atoms with Crippen LogP contribution in [0, 0.1) is 0 Å². The Morgan fingerprint density at radius 3 is 2.72 bits per heavy atom. The Balaban J connectivity index is 1.40. The first-order valence-corrected chi connectivity index (χ1v) is 10.4. The summed E-state index contributed by atoms with van der Waals surface area (Å²) >= 11 is 0. The van der Waals surface area contributed by atoms with Crippen LogP contribution in [-0.2, 0) is 23.1 Å². The van der Waals surface area contributed by atoms with Gasteiger partial charge in [-0.1, -0.05) is 30.3 Å². The molecule has 0 bridgehead atoms. The predicted molar refractivity (Wildman–Crippen MR) is 96.4 cm³/mol. The Morgan fingerprint density at radius 1 is 1.16 bits per heavy atom. The molecule has 1 unspecified atom stereocenters. The highest BCUT2D eigenvalue weighted by atomic mass is 32.2. The van der Waals surface area contributed by atoms with Gasteiger partial charge < -0.3 is 0 Å². The van der Waals surface area contributed by atoms with Gasteiger partial charge in [-0.05, 0) is 30.9 Å². The molecule has 2 heterocycles. The van der Waals surface area contributed by atoms with E-state index in [1.807, 2.05) is 12.3 Å². The maximum atomic E-state index is 12.0. The zero-order valence-electron chi connectivity index (χ0n) is 14.2. The van der Waals surface area contributed by atoms with E-state index in [0.29, 0.717) is 6.54 Å². The smallest absolute Gasteiger partial charge is 0.214 e. The summed E-state index contributed by atoms with van der Waals surface area (Å²) in [5.41, 5.74) is 2.49. The monoisotopic (exact) mass is 360 g/mol. The summed E-state index contributed by atoms with van der Waals surface area (Å²) < 4.78 is 28.8. The van der Waals surface area contributed by atoms with Gasteiger partial charge in [-0.2, -0.15) is 5.10 Å². The number of nitrogens with zero attached hydrogens (tertiary/aromatic N) is 3. The van der Waals surface area contributed by atoms with Gasteiger partial charge in [0.25, 0.3) is 0 Å². The van der Waals surface area contributed by atoms with Gasteiger partial charge in [0.05, 0.1) is 17.0 Å². The van der Waals surface area contributed by atoms with Crippen molar-refractivity contribution in [2.45, 2.75) is 43.6 Å². The molecule has 2 aliphatic rings. The van der Waals surface area contributed by atoms with E-state index < -0.39 is 10.0 Å². The molecule has 0 saturated heterocycles. The Hall–Kier alpha value is -1.70. The van der Waals surface area contributed by atoms with Crippen LogP contribution in [0.5, 0.6) is 0 Å². The molecule has 0 radical (unpaired) electrons. The quantitative estimate of drug-likeness (QED) is 0.819. The third-order valence-electron chi connectivity index (χ3n) is 4.95. The van der Waals surface area contributed by atoms with Crippen molar-refractivity contribution in [3.8, 4) is 0 Å². The lowest BCUT2D eigenvalue weighted by Crippen LogP contribution is -2.39. The summed E-state index contributed by atoms with van der Waals surface area (Å²) in [6.45, 7) is 3.13. The van der Waals surface area contributed by atoms with Crippen LogP contribution < -0.4 is 4.72 Å². The van der Waals surface area contributed by atoms with E-state index in [1.54, 1.807) is 0 Å². The van der Waals surface area contributed by atoms with Gasteiger partial charge in [-0.25, -0.2) is 13.1 Å². The summed E-state index contributed by atoms with van der Waals surface area (Å²) in [7, 11) is -3.11. The number of aromatic nitrogens is 2. The molecule has 1 atom stereocenters. The van der Waals surface area contributed by atoms with Crippen molar-refractivity contribution in [3.63, 3.8) is 0 Å². The van der Waals surface area contributed by atoms with Gasteiger partial charge in [0.1, 0.15) is 0 Å². The van der Waals surface area contributed by atoms with Crippen LogP contribution in [0.25, 0.3) is 0 Å². The molecule has 1 aromatic heterocycles. The van der Waals surface area contributed by atoms with Crippen LogP contribution in [0.4, 0.5) is 0 Å². The predicted octanol–water partition coefficient (Wildman–Crippen LogP) is 1.91. The van der Waals surface area contributed by atoms with Crippen LogP contribution >= 0.6 is 0 Å². The first-order valence-electron chi connectivity index (χ1n) is 8.89. The van der Waals surface area contributed by atoms with E-state index in [-0.39, 0.29) is 11.3 Å². The second-order valence-corrected chi connectivity index (χ2v) is 9.05. The largest absolute Gasteiger partial charge is 0.291 e. The van der Waals surface area contributed by atoms with Crippen LogP contribution in [-0.4, -0.2) is 41.4 Å². The zero-order valence-corrected chi connectivity index (χ0v) is 15.0. The van der Waals surface area contributed by atoms with E-state index in [1.165, 1.54) is 11.3 Å². The molecular weight excluding hydrogens is 336 g/mol. The lowest BCUT2D eigenvalue weighted by Gasteiger charge is -2.34. The van der Waals surface area contributed by atoms with Gasteiger partial charge in [-0.15, -0.1) is 0 Å². The minimum absolute atomic E-state index is 0.159. The van der Waals surface area contributed by atoms with Gasteiger partial charge in [-0.3, -0.25) is 9.58 Å². The molecule has 1 fully saturated rings. The number of hydrogen-bond donors (Lipinski definition) is 1. The summed E-state index contributed by atoms with van der Waals surface area (Å²) in [5.74, 6) is 0. The fraction of sp³-hybridized carbons (Fsp3) is 0.500. The number of rotatable bonds is 7. The topological polar surface area (TPSA) is 67.2 Å². The average molecular weight is 360 g/mol. The molecule has 1 N–H and O–H groups in total. The van der Waals surface area contributed by atoms with E-state index in [4.69, 9.17) is 0 Å². The lowest BCUT2D eigenvalue weighted by atomic mass is 10.1. The van der Waals surface area contributed by atoms with E-state index in [9.17, 15) is 8.42 Å². The van der Waals surface area contributed by atoms with Crippen LogP contribution in [0.3, 0.4) is 0 Å². The fourth-order valence-corrected chi connectivity index (χ4v) is 4.90. The van der Waals surface area contributed by atoms with Gasteiger partial charge in [0.15, 0.2) is 0 Å². The average Bonchev–Trinajstić information content (AvgIpc) is 3.35. The Kier molecular flexibility index (Phi) is 4.62. The molecule has 25 heavy (non-hydrogen) atoms. The minimum Gasteiger partial charge on any atom is -0.291 e. The Labute approximate surface area is 148 Å². The molecule has 1 saturated carbocycles. The number of hydrogen-bond acceptors (Lipinski definition) is 4. The lowest BCUT2D eigenvalue weighted by molar-refractivity contribution is 0.162. The summed E-state index contributed by atoms with van der Waals surface area (Å²) in [6, 6.07) is 12.7. The molecule has 1 aliphatic heterocycles. The van der Waals surface area contributed by atoms with Crippen molar-refractivity contribution in [3.05, 3.63) is 53.9 Å². The molecule has 0 amide bonds. The maximum Gasteiger partial charge on any atom is 0.214 e. The van der Waals surface area contributed by atoms with Crippen molar-refractivity contribution in [2.75, 3.05) is 13.1 Å². The number of nitrogens with one attached hydrogen (secondary N) is 1. The maximum absolute atomic E-state index is 12.0. The second kappa shape index (κ2) is 6.90. The molecule has 1 aromatic carbocycles. The Bertz CT molecular complexity index is 815. The number of benzene rings is 1. The normalized spacial score (nSPS) is 21.2. The number of sulfonamides is 1. The molecule has 4 rings (SSSR count). The molecule has 2 aromatic rings. The van der Waals surface area contributed by atoms with Crippen molar-refractivity contribution in [1.29, 1.82) is 0 Å². The fourth-order valence-electron chi connectivity index (χ4n) is 3.50. The highest BCUT2D eigenvalue weighted by Crippen LogP contribution is 2.28. The second-order valence-electron chi connectivity index (χ2n) is 7.00. The van der Waals surface area contributed by atoms with Crippen molar-refractivity contribution in [2.24, 2.45) is 0 Å². The van der Waals surface area contributed by atoms with E-state index >= 15 is 0 Å². The summed E-state index contributed by atoms with van der Waals surface area (Å²) in [5, 5.41) is 4.30. The standard InChI is InChI=1S/C18H24N4O2S/c23-25(24,18-6-7-18)20-11-9-17-14-21(12-15-4-2-1-3-5-15)13-16-8-10-19-22(16)17/h1-5,8,10,17-18,20H,6-7,9,11-14H2.